The average Bonchev–Trinajstić information content (AvgIpc) is 2.45. The van der Waals surface area contributed by atoms with Crippen molar-refractivity contribution in [2.24, 2.45) is 0 Å². The predicted octanol–water partition coefficient (Wildman–Crippen LogP) is 1.94. The van der Waals surface area contributed by atoms with Gasteiger partial charge >= 0.3 is 0 Å². The van der Waals surface area contributed by atoms with Crippen molar-refractivity contribution in [2.45, 2.75) is 6.42 Å². The molecule has 0 radical (unpaired) electrons. The molecule has 0 aliphatic heterocycles. The lowest BCUT2D eigenvalue weighted by atomic mass is 10.1. The SMILES string of the molecule is COCCOCCC(=O)c1c(OC)cccc1OC. The molecule has 0 atom stereocenters. The van der Waals surface area contributed by atoms with Crippen LogP contribution in [0.1, 0.15) is 16.8 Å². The molecule has 0 aromatic heterocycles. The summed E-state index contributed by atoms with van der Waals surface area (Å²) < 4.78 is 20.5. The Balaban J connectivity index is 2.65. The summed E-state index contributed by atoms with van der Waals surface area (Å²) >= 11 is 0. The minimum Gasteiger partial charge on any atom is -0.496 e. The van der Waals surface area contributed by atoms with Crippen LogP contribution in [0.3, 0.4) is 0 Å². The Morgan fingerprint density at radius 1 is 1.00 bits per heavy atom. The van der Waals surface area contributed by atoms with Crippen molar-refractivity contribution < 1.29 is 23.7 Å². The van der Waals surface area contributed by atoms with E-state index in [1.54, 1.807) is 25.3 Å². The van der Waals surface area contributed by atoms with Crippen molar-refractivity contribution >= 4 is 5.78 Å². The lowest BCUT2D eigenvalue weighted by Crippen LogP contribution is -2.10. The Morgan fingerprint density at radius 3 is 2.16 bits per heavy atom. The van der Waals surface area contributed by atoms with E-state index in [9.17, 15) is 4.79 Å². The first-order valence-corrected chi connectivity index (χ1v) is 6.05. The second-order valence-corrected chi connectivity index (χ2v) is 3.82. The van der Waals surface area contributed by atoms with Gasteiger partial charge in [0.05, 0.1) is 34.0 Å². The van der Waals surface area contributed by atoms with Crippen LogP contribution in [0, 0.1) is 0 Å². The number of hydrogen-bond donors (Lipinski definition) is 0. The van der Waals surface area contributed by atoms with Gasteiger partial charge in [-0.1, -0.05) is 6.07 Å². The lowest BCUT2D eigenvalue weighted by molar-refractivity contribution is 0.0639. The van der Waals surface area contributed by atoms with E-state index in [0.717, 1.165) is 0 Å². The second kappa shape index (κ2) is 8.50. The third kappa shape index (κ3) is 4.54. The van der Waals surface area contributed by atoms with E-state index in [-0.39, 0.29) is 12.2 Å². The molecule has 5 heteroatoms. The van der Waals surface area contributed by atoms with Crippen LogP contribution in [0.2, 0.25) is 0 Å². The third-order valence-corrected chi connectivity index (χ3v) is 2.61. The van der Waals surface area contributed by atoms with E-state index >= 15 is 0 Å². The van der Waals surface area contributed by atoms with Gasteiger partial charge in [-0.15, -0.1) is 0 Å². The number of Topliss-reactive ketones (excluding diaryl/α,β-unsaturated/α-hetero) is 1. The molecule has 1 aromatic rings. The van der Waals surface area contributed by atoms with Gasteiger partial charge in [0.25, 0.3) is 0 Å². The standard InChI is InChI=1S/C14H20O5/c1-16-9-10-19-8-7-11(15)14-12(17-2)5-4-6-13(14)18-3/h4-6H,7-10H2,1-3H3. The largest absolute Gasteiger partial charge is 0.496 e. The van der Waals surface area contributed by atoms with Crippen molar-refractivity contribution in [3.63, 3.8) is 0 Å². The van der Waals surface area contributed by atoms with E-state index in [1.165, 1.54) is 14.2 Å². The Morgan fingerprint density at radius 2 is 1.63 bits per heavy atom. The smallest absolute Gasteiger partial charge is 0.172 e. The second-order valence-electron chi connectivity index (χ2n) is 3.82. The summed E-state index contributed by atoms with van der Waals surface area (Å²) in [6.45, 7) is 1.35. The molecule has 0 amide bonds. The molecular weight excluding hydrogens is 248 g/mol. The molecule has 1 aromatic carbocycles. The van der Waals surface area contributed by atoms with Crippen molar-refractivity contribution in [1.82, 2.24) is 0 Å². The highest BCUT2D eigenvalue weighted by Gasteiger charge is 2.17. The topological polar surface area (TPSA) is 54.0 Å². The minimum atomic E-state index is -0.0632. The maximum absolute atomic E-state index is 12.2. The van der Waals surface area contributed by atoms with Crippen LogP contribution in [0.5, 0.6) is 11.5 Å². The summed E-state index contributed by atoms with van der Waals surface area (Å²) in [6, 6.07) is 5.26. The fourth-order valence-electron chi connectivity index (χ4n) is 1.66. The molecule has 0 aliphatic rings. The fraction of sp³-hybridized carbons (Fsp3) is 0.500. The average molecular weight is 268 g/mol. The van der Waals surface area contributed by atoms with E-state index in [4.69, 9.17) is 18.9 Å². The fourth-order valence-corrected chi connectivity index (χ4v) is 1.66. The maximum Gasteiger partial charge on any atom is 0.172 e. The maximum atomic E-state index is 12.2. The first kappa shape index (κ1) is 15.5. The highest BCUT2D eigenvalue weighted by atomic mass is 16.5. The summed E-state index contributed by atoms with van der Waals surface area (Å²) in [6.07, 6.45) is 0.278. The van der Waals surface area contributed by atoms with Crippen LogP contribution in [0.15, 0.2) is 18.2 Å². The number of carbonyl (C=O) groups is 1. The number of rotatable bonds is 9. The van der Waals surface area contributed by atoms with E-state index in [1.807, 2.05) is 0 Å². The monoisotopic (exact) mass is 268 g/mol. The zero-order valence-corrected chi connectivity index (χ0v) is 11.6. The van der Waals surface area contributed by atoms with Crippen molar-refractivity contribution in [1.29, 1.82) is 0 Å². The molecule has 1 rings (SSSR count). The molecule has 19 heavy (non-hydrogen) atoms. The quantitative estimate of drug-likeness (QED) is 0.506. The summed E-state index contributed by atoms with van der Waals surface area (Å²) in [4.78, 5) is 12.2. The number of ketones is 1. The molecule has 0 heterocycles. The Hall–Kier alpha value is -1.59. The number of hydrogen-bond acceptors (Lipinski definition) is 5. The normalized spacial score (nSPS) is 10.3. The van der Waals surface area contributed by atoms with Gasteiger partial charge in [-0.05, 0) is 12.1 Å². The van der Waals surface area contributed by atoms with Gasteiger partial charge in [0.15, 0.2) is 5.78 Å². The van der Waals surface area contributed by atoms with Crippen LogP contribution in [0.25, 0.3) is 0 Å². The number of ether oxygens (including phenoxy) is 4. The molecule has 0 saturated carbocycles. The van der Waals surface area contributed by atoms with E-state index in [2.05, 4.69) is 0 Å². The van der Waals surface area contributed by atoms with Crippen LogP contribution >= 0.6 is 0 Å². The van der Waals surface area contributed by atoms with Crippen LogP contribution in [-0.4, -0.2) is 46.9 Å². The highest BCUT2D eigenvalue weighted by Crippen LogP contribution is 2.29. The highest BCUT2D eigenvalue weighted by molar-refractivity contribution is 6.01. The number of methoxy groups -OCH3 is 3. The minimum absolute atomic E-state index is 0.0632. The third-order valence-electron chi connectivity index (χ3n) is 2.61. The van der Waals surface area contributed by atoms with Gasteiger partial charge in [-0.3, -0.25) is 4.79 Å². The molecule has 5 nitrogen and oxygen atoms in total. The van der Waals surface area contributed by atoms with Gasteiger partial charge < -0.3 is 18.9 Å². The molecule has 0 aliphatic carbocycles. The van der Waals surface area contributed by atoms with E-state index < -0.39 is 0 Å². The van der Waals surface area contributed by atoms with Crippen LogP contribution in [0.4, 0.5) is 0 Å². The lowest BCUT2D eigenvalue weighted by Gasteiger charge is -2.12. The summed E-state index contributed by atoms with van der Waals surface area (Å²) in [5, 5.41) is 0. The summed E-state index contributed by atoms with van der Waals surface area (Å²) in [7, 11) is 4.66. The Bertz CT molecular complexity index is 381. The molecule has 0 spiro atoms. The molecule has 0 saturated heterocycles. The first-order chi connectivity index (χ1) is 9.24. The van der Waals surface area contributed by atoms with Gasteiger partial charge in [-0.25, -0.2) is 0 Å². The molecule has 106 valence electrons. The van der Waals surface area contributed by atoms with Crippen molar-refractivity contribution in [2.75, 3.05) is 41.2 Å². The van der Waals surface area contributed by atoms with Crippen LogP contribution < -0.4 is 9.47 Å². The summed E-state index contributed by atoms with van der Waals surface area (Å²) in [5.74, 6) is 0.967. The van der Waals surface area contributed by atoms with Gasteiger partial charge in [0, 0.05) is 13.5 Å². The summed E-state index contributed by atoms with van der Waals surface area (Å²) in [5.41, 5.74) is 0.461. The van der Waals surface area contributed by atoms with Gasteiger partial charge in [0.2, 0.25) is 0 Å². The molecular formula is C14H20O5. The van der Waals surface area contributed by atoms with Gasteiger partial charge in [-0.2, -0.15) is 0 Å². The molecule has 0 N–H and O–H groups in total. The molecule has 0 fully saturated rings. The Labute approximate surface area is 113 Å². The van der Waals surface area contributed by atoms with Crippen LogP contribution in [-0.2, 0) is 9.47 Å². The zero-order chi connectivity index (χ0) is 14.1. The predicted molar refractivity (Wildman–Crippen MR) is 71.2 cm³/mol. The number of benzene rings is 1. The zero-order valence-electron chi connectivity index (χ0n) is 11.6. The first-order valence-electron chi connectivity index (χ1n) is 6.05. The number of carbonyl (C=O) groups excluding carboxylic acids is 1. The molecule has 0 bridgehead atoms. The van der Waals surface area contributed by atoms with Gasteiger partial charge in [0.1, 0.15) is 17.1 Å². The van der Waals surface area contributed by atoms with E-state index in [0.29, 0.717) is 36.9 Å². The molecule has 0 unspecified atom stereocenters. The Kier molecular flexibility index (Phi) is 6.92. The van der Waals surface area contributed by atoms with Crippen molar-refractivity contribution in [3.8, 4) is 11.5 Å². The van der Waals surface area contributed by atoms with Crippen molar-refractivity contribution in [3.05, 3.63) is 23.8 Å².